The van der Waals surface area contributed by atoms with Crippen LogP contribution < -0.4 is 10.1 Å². The van der Waals surface area contributed by atoms with Crippen LogP contribution in [0.3, 0.4) is 0 Å². The Morgan fingerprint density at radius 3 is 2.61 bits per heavy atom. The van der Waals surface area contributed by atoms with Gasteiger partial charge in [-0.15, -0.1) is 0 Å². The van der Waals surface area contributed by atoms with Crippen LogP contribution in [0.2, 0.25) is 0 Å². The number of rotatable bonds is 10. The summed E-state index contributed by atoms with van der Waals surface area (Å²) < 4.78 is 20.4. The SMILES string of the molecule is CCC=CC(=O)N(Cc1ccc(F)cc1)[C@@H]1CC(C(=O)NCCO)=C[C@H](Oc2ccccc2I)[C@H]1O. The number of nitrogens with zero attached hydrogens (tertiary/aromatic N) is 1. The van der Waals surface area contributed by atoms with E-state index < -0.39 is 30.0 Å². The average molecular weight is 608 g/mol. The van der Waals surface area contributed by atoms with E-state index in [-0.39, 0.29) is 32.0 Å². The van der Waals surface area contributed by atoms with Gasteiger partial charge in [0.15, 0.2) is 0 Å². The van der Waals surface area contributed by atoms with Crippen molar-refractivity contribution >= 4 is 34.4 Å². The maximum atomic E-state index is 13.5. The average Bonchev–Trinajstić information content (AvgIpc) is 2.88. The highest BCUT2D eigenvalue weighted by molar-refractivity contribution is 14.1. The van der Waals surface area contributed by atoms with Crippen molar-refractivity contribution in [2.24, 2.45) is 0 Å². The minimum Gasteiger partial charge on any atom is -0.482 e. The van der Waals surface area contributed by atoms with Crippen LogP contribution in [0.4, 0.5) is 4.39 Å². The third-order valence-electron chi connectivity index (χ3n) is 5.76. The fraction of sp³-hybridized carbons (Fsp3) is 0.333. The first-order valence-corrected chi connectivity index (χ1v) is 12.8. The minimum absolute atomic E-state index is 0.0724. The highest BCUT2D eigenvalue weighted by atomic mass is 127. The van der Waals surface area contributed by atoms with Gasteiger partial charge in [-0.2, -0.15) is 0 Å². The summed E-state index contributed by atoms with van der Waals surface area (Å²) in [4.78, 5) is 27.6. The number of carbonyl (C=O) groups is 2. The van der Waals surface area contributed by atoms with E-state index in [0.29, 0.717) is 23.3 Å². The van der Waals surface area contributed by atoms with E-state index in [1.54, 1.807) is 30.4 Å². The van der Waals surface area contributed by atoms with Crippen molar-refractivity contribution in [1.29, 1.82) is 0 Å². The first kappa shape index (κ1) is 27.8. The van der Waals surface area contributed by atoms with Gasteiger partial charge in [0.25, 0.3) is 0 Å². The number of aliphatic hydroxyl groups excluding tert-OH is 2. The summed E-state index contributed by atoms with van der Waals surface area (Å²) in [7, 11) is 0. The molecule has 2 aromatic carbocycles. The smallest absolute Gasteiger partial charge is 0.247 e. The van der Waals surface area contributed by atoms with Gasteiger partial charge >= 0.3 is 0 Å². The van der Waals surface area contributed by atoms with E-state index in [0.717, 1.165) is 3.57 Å². The van der Waals surface area contributed by atoms with E-state index in [2.05, 4.69) is 27.9 Å². The lowest BCUT2D eigenvalue weighted by Crippen LogP contribution is -2.54. The fourth-order valence-corrected chi connectivity index (χ4v) is 4.44. The fourth-order valence-electron chi connectivity index (χ4n) is 3.93. The maximum Gasteiger partial charge on any atom is 0.247 e. The molecular formula is C27H30FIN2O5. The summed E-state index contributed by atoms with van der Waals surface area (Å²) in [5.74, 6) is -0.598. The second kappa shape index (κ2) is 13.5. The molecule has 0 spiro atoms. The summed E-state index contributed by atoms with van der Waals surface area (Å²) >= 11 is 2.12. The topological polar surface area (TPSA) is 99.1 Å². The first-order chi connectivity index (χ1) is 17.3. The molecule has 0 aliphatic heterocycles. The van der Waals surface area contributed by atoms with Crippen LogP contribution in [0.1, 0.15) is 25.3 Å². The van der Waals surface area contributed by atoms with Crippen molar-refractivity contribution in [3.63, 3.8) is 0 Å². The normalized spacial score (nSPS) is 19.6. The number of halogens is 2. The van der Waals surface area contributed by atoms with Gasteiger partial charge in [0.1, 0.15) is 23.8 Å². The molecule has 0 heterocycles. The molecule has 36 heavy (non-hydrogen) atoms. The van der Waals surface area contributed by atoms with E-state index in [1.807, 2.05) is 25.1 Å². The lowest BCUT2D eigenvalue weighted by molar-refractivity contribution is -0.134. The zero-order valence-corrected chi connectivity index (χ0v) is 22.1. The van der Waals surface area contributed by atoms with Gasteiger partial charge in [-0.1, -0.05) is 37.3 Å². The van der Waals surface area contributed by atoms with E-state index >= 15 is 0 Å². The Bertz CT molecular complexity index is 1110. The molecule has 0 radical (unpaired) electrons. The molecule has 3 N–H and O–H groups in total. The van der Waals surface area contributed by atoms with Crippen molar-refractivity contribution in [1.82, 2.24) is 10.2 Å². The monoisotopic (exact) mass is 608 g/mol. The molecule has 0 aromatic heterocycles. The molecule has 2 aromatic rings. The molecule has 3 atom stereocenters. The van der Waals surface area contributed by atoms with Crippen molar-refractivity contribution in [2.75, 3.05) is 13.2 Å². The van der Waals surface area contributed by atoms with E-state index in [4.69, 9.17) is 9.84 Å². The molecule has 2 amide bonds. The summed E-state index contributed by atoms with van der Waals surface area (Å²) in [6, 6.07) is 12.3. The second-order valence-corrected chi connectivity index (χ2v) is 9.51. The molecule has 0 unspecified atom stereocenters. The van der Waals surface area contributed by atoms with Gasteiger partial charge in [0, 0.05) is 25.1 Å². The Kier molecular flexibility index (Phi) is 10.4. The van der Waals surface area contributed by atoms with E-state index in [9.17, 15) is 19.1 Å². The number of nitrogens with one attached hydrogen (secondary N) is 1. The number of aliphatic hydroxyl groups is 2. The largest absolute Gasteiger partial charge is 0.482 e. The number of para-hydroxylation sites is 1. The summed E-state index contributed by atoms with van der Waals surface area (Å²) in [6.07, 6.45) is 3.41. The number of carbonyl (C=O) groups excluding carboxylic acids is 2. The number of allylic oxidation sites excluding steroid dienone is 1. The maximum absolute atomic E-state index is 13.5. The molecule has 7 nitrogen and oxygen atoms in total. The number of hydrogen-bond acceptors (Lipinski definition) is 5. The predicted molar refractivity (Wildman–Crippen MR) is 143 cm³/mol. The Hall–Kier alpha value is -2.76. The Balaban J connectivity index is 1.98. The van der Waals surface area contributed by atoms with Crippen LogP contribution in [0.5, 0.6) is 5.75 Å². The second-order valence-electron chi connectivity index (χ2n) is 8.35. The van der Waals surface area contributed by atoms with Crippen molar-refractivity contribution in [3.05, 3.63) is 87.3 Å². The number of ether oxygens (including phenoxy) is 1. The molecule has 9 heteroatoms. The zero-order chi connectivity index (χ0) is 26.1. The number of amides is 2. The van der Waals surface area contributed by atoms with Gasteiger partial charge in [0.05, 0.1) is 16.2 Å². The van der Waals surface area contributed by atoms with Crippen LogP contribution in [0.15, 0.2) is 72.3 Å². The van der Waals surface area contributed by atoms with Gasteiger partial charge in [-0.3, -0.25) is 9.59 Å². The lowest BCUT2D eigenvalue weighted by atomic mass is 9.87. The number of benzene rings is 2. The molecule has 0 bridgehead atoms. The van der Waals surface area contributed by atoms with E-state index in [1.165, 1.54) is 23.1 Å². The molecule has 0 saturated heterocycles. The third kappa shape index (κ3) is 7.37. The van der Waals surface area contributed by atoms with Crippen LogP contribution in [0.25, 0.3) is 0 Å². The Morgan fingerprint density at radius 1 is 1.22 bits per heavy atom. The highest BCUT2D eigenvalue weighted by Gasteiger charge is 2.40. The molecule has 0 fully saturated rings. The summed E-state index contributed by atoms with van der Waals surface area (Å²) in [6.45, 7) is 1.87. The molecule has 0 saturated carbocycles. The van der Waals surface area contributed by atoms with Crippen molar-refractivity contribution < 1.29 is 28.9 Å². The standard InChI is InChI=1S/C27H30FIN2O5/c1-2-3-8-25(33)31(17-18-9-11-20(28)12-10-18)22-15-19(27(35)30-13-14-32)16-24(26(22)34)36-23-7-5-4-6-21(23)29/h3-12,16,22,24,26,32,34H,2,13-15,17H2,1H3,(H,30,35)/t22-,24+,26+/m1/s1. The first-order valence-electron chi connectivity index (χ1n) is 11.7. The Labute approximate surface area is 223 Å². The van der Waals surface area contributed by atoms with Gasteiger partial charge in [-0.05, 0) is 71.0 Å². The summed E-state index contributed by atoms with van der Waals surface area (Å²) in [5, 5.41) is 23.2. The van der Waals surface area contributed by atoms with Crippen molar-refractivity contribution in [2.45, 2.75) is 44.6 Å². The molecule has 1 aliphatic rings. The molecule has 192 valence electrons. The number of hydrogen-bond donors (Lipinski definition) is 3. The molecule has 1 aliphatic carbocycles. The zero-order valence-electron chi connectivity index (χ0n) is 19.9. The van der Waals surface area contributed by atoms with Crippen LogP contribution in [0, 0.1) is 9.39 Å². The molecular weight excluding hydrogens is 578 g/mol. The molecule has 3 rings (SSSR count). The van der Waals surface area contributed by atoms with Crippen LogP contribution in [-0.4, -0.2) is 58.3 Å². The van der Waals surface area contributed by atoms with Crippen LogP contribution in [-0.2, 0) is 16.1 Å². The highest BCUT2D eigenvalue weighted by Crippen LogP contribution is 2.30. The quantitative estimate of drug-likeness (QED) is 0.284. The van der Waals surface area contributed by atoms with Crippen molar-refractivity contribution in [3.8, 4) is 5.75 Å². The minimum atomic E-state index is -1.14. The van der Waals surface area contributed by atoms with Gasteiger partial charge < -0.3 is 25.2 Å². The third-order valence-corrected chi connectivity index (χ3v) is 6.65. The predicted octanol–water partition coefficient (Wildman–Crippen LogP) is 3.34. The van der Waals surface area contributed by atoms with Crippen LogP contribution >= 0.6 is 22.6 Å². The Morgan fingerprint density at radius 2 is 1.94 bits per heavy atom. The van der Waals surface area contributed by atoms with Gasteiger partial charge in [0.2, 0.25) is 11.8 Å². The van der Waals surface area contributed by atoms with Gasteiger partial charge in [-0.25, -0.2) is 4.39 Å². The lowest BCUT2D eigenvalue weighted by Gasteiger charge is -2.40. The summed E-state index contributed by atoms with van der Waals surface area (Å²) in [5.41, 5.74) is 1.02.